The summed E-state index contributed by atoms with van der Waals surface area (Å²) < 4.78 is 5.54. The Morgan fingerprint density at radius 2 is 1.94 bits per heavy atom. The molecule has 33 heavy (non-hydrogen) atoms. The first kappa shape index (κ1) is 23.1. The van der Waals surface area contributed by atoms with Gasteiger partial charge in [-0.05, 0) is 36.1 Å². The molecule has 1 aliphatic rings. The van der Waals surface area contributed by atoms with Gasteiger partial charge in [0, 0.05) is 43.3 Å². The fourth-order valence-corrected chi connectivity index (χ4v) is 4.13. The smallest absolute Gasteiger partial charge is 0.238 e. The van der Waals surface area contributed by atoms with E-state index < -0.39 is 0 Å². The van der Waals surface area contributed by atoms with Gasteiger partial charge in [0.05, 0.1) is 24.9 Å². The van der Waals surface area contributed by atoms with Crippen LogP contribution >= 0.6 is 8.86 Å². The van der Waals surface area contributed by atoms with Gasteiger partial charge in [-0.3, -0.25) is 9.69 Å². The third-order valence-electron chi connectivity index (χ3n) is 5.83. The monoisotopic (exact) mass is 464 g/mol. The number of hydrogen-bond acceptors (Lipinski definition) is 7. The first-order chi connectivity index (χ1) is 16.1. The molecular weight excluding hydrogens is 435 g/mol. The number of methoxy groups -OCH3 is 1. The number of anilines is 3. The van der Waals surface area contributed by atoms with E-state index in [2.05, 4.69) is 46.2 Å². The molecule has 0 aliphatic carbocycles. The van der Waals surface area contributed by atoms with Gasteiger partial charge in [0.1, 0.15) is 17.9 Å². The molecule has 8 nitrogen and oxygen atoms in total. The number of hydrogen-bond donors (Lipinski definition) is 2. The second kappa shape index (κ2) is 10.7. The van der Waals surface area contributed by atoms with Crippen LogP contribution in [0.1, 0.15) is 12.5 Å². The lowest BCUT2D eigenvalue weighted by molar-refractivity contribution is -0.117. The average Bonchev–Trinajstić information content (AvgIpc) is 2.84. The molecule has 2 N–H and O–H groups in total. The zero-order valence-electron chi connectivity index (χ0n) is 19.0. The minimum Gasteiger partial charge on any atom is -0.494 e. The van der Waals surface area contributed by atoms with Crippen molar-refractivity contribution in [2.24, 2.45) is 0 Å². The van der Waals surface area contributed by atoms with Crippen LogP contribution in [0.15, 0.2) is 42.7 Å². The number of carbonyl (C=O) groups is 1. The molecule has 0 radical (unpaired) electrons. The Labute approximate surface area is 196 Å². The van der Waals surface area contributed by atoms with Crippen LogP contribution in [0.5, 0.6) is 5.75 Å². The summed E-state index contributed by atoms with van der Waals surface area (Å²) in [6.07, 6.45) is 1.51. The van der Waals surface area contributed by atoms with Gasteiger partial charge in [0.15, 0.2) is 0 Å². The zero-order chi connectivity index (χ0) is 23.2. The van der Waals surface area contributed by atoms with E-state index in [4.69, 9.17) is 4.74 Å². The number of benzene rings is 2. The lowest BCUT2D eigenvalue weighted by Gasteiger charge is -2.33. The second-order valence-electron chi connectivity index (χ2n) is 7.95. The number of rotatable bonds is 8. The molecule has 9 heteroatoms. The van der Waals surface area contributed by atoms with E-state index in [0.717, 1.165) is 54.9 Å². The van der Waals surface area contributed by atoms with Crippen molar-refractivity contribution < 1.29 is 9.53 Å². The maximum Gasteiger partial charge on any atom is 0.238 e. The van der Waals surface area contributed by atoms with Crippen LogP contribution in [0, 0.1) is 0 Å². The van der Waals surface area contributed by atoms with Gasteiger partial charge in [-0.15, -0.1) is 8.86 Å². The van der Waals surface area contributed by atoms with Gasteiger partial charge >= 0.3 is 0 Å². The Bertz CT molecular complexity index is 1150. The number of ether oxygens (including phenoxy) is 1. The van der Waals surface area contributed by atoms with Gasteiger partial charge in [-0.1, -0.05) is 19.1 Å². The number of piperazine rings is 1. The molecule has 1 aliphatic heterocycles. The quantitative estimate of drug-likeness (QED) is 0.495. The van der Waals surface area contributed by atoms with Crippen LogP contribution in [-0.2, 0) is 4.79 Å². The van der Waals surface area contributed by atoms with Crippen LogP contribution in [-0.4, -0.2) is 77.8 Å². The topological polar surface area (TPSA) is 82.6 Å². The number of nitrogens with zero attached hydrogens (tertiary/aromatic N) is 4. The van der Waals surface area contributed by atoms with Gasteiger partial charge in [0.2, 0.25) is 5.91 Å². The molecule has 4 rings (SSSR count). The summed E-state index contributed by atoms with van der Waals surface area (Å²) in [7, 11) is 5.01. The highest BCUT2D eigenvalue weighted by molar-refractivity contribution is 7.19. The Balaban J connectivity index is 1.55. The molecule has 1 fully saturated rings. The zero-order valence-corrected chi connectivity index (χ0v) is 20.0. The highest BCUT2D eigenvalue weighted by Crippen LogP contribution is 2.33. The fraction of sp³-hybridized carbons (Fsp3) is 0.333. The number of aromatic nitrogens is 2. The van der Waals surface area contributed by atoms with Crippen molar-refractivity contribution in [3.8, 4) is 5.75 Å². The minimum absolute atomic E-state index is 0.0655. The van der Waals surface area contributed by atoms with Crippen molar-refractivity contribution >= 4 is 48.7 Å². The fourth-order valence-electron chi connectivity index (χ4n) is 3.95. The van der Waals surface area contributed by atoms with E-state index in [-0.39, 0.29) is 5.91 Å². The molecule has 172 valence electrons. The lowest BCUT2D eigenvalue weighted by atomic mass is 10.1. The molecule has 2 aromatic carbocycles. The van der Waals surface area contributed by atoms with E-state index in [9.17, 15) is 4.79 Å². The highest BCUT2D eigenvalue weighted by atomic mass is 31.0. The largest absolute Gasteiger partial charge is 0.494 e. The molecule has 2 heterocycles. The molecule has 0 atom stereocenters. The van der Waals surface area contributed by atoms with Crippen molar-refractivity contribution in [1.29, 1.82) is 0 Å². The van der Waals surface area contributed by atoms with Crippen LogP contribution < -0.4 is 15.4 Å². The molecule has 0 saturated carbocycles. The van der Waals surface area contributed by atoms with Gasteiger partial charge in [-0.2, -0.15) is 0 Å². The lowest BCUT2D eigenvalue weighted by Crippen LogP contribution is -2.48. The van der Waals surface area contributed by atoms with Gasteiger partial charge in [0.25, 0.3) is 0 Å². The van der Waals surface area contributed by atoms with Crippen molar-refractivity contribution in [2.75, 3.05) is 57.0 Å². The van der Waals surface area contributed by atoms with Crippen molar-refractivity contribution in [3.05, 3.63) is 48.3 Å². The Hall–Kier alpha value is -3.06. The average molecular weight is 465 g/mol. The predicted molar refractivity (Wildman–Crippen MR) is 136 cm³/mol. The molecule has 0 unspecified atom stereocenters. The summed E-state index contributed by atoms with van der Waals surface area (Å²) in [6.45, 7) is 7.33. The van der Waals surface area contributed by atoms with Crippen LogP contribution in [0.2, 0.25) is 0 Å². The summed E-state index contributed by atoms with van der Waals surface area (Å²) in [5.41, 5.74) is 3.25. The van der Waals surface area contributed by atoms with E-state index in [1.165, 1.54) is 6.33 Å². The Morgan fingerprint density at radius 1 is 1.15 bits per heavy atom. The SMILES string of the molecule is CCN1CCN(CC(=O)Nc2cc3c(Nc4cccc(C=P)c4)ncnc3cc2OC)CC1. The third kappa shape index (κ3) is 5.66. The van der Waals surface area contributed by atoms with Crippen molar-refractivity contribution in [2.45, 2.75) is 6.92 Å². The maximum atomic E-state index is 12.8. The van der Waals surface area contributed by atoms with Gasteiger partial charge in [-0.25, -0.2) is 9.97 Å². The number of fused-ring (bicyclic) bond motifs is 1. The normalized spacial score (nSPS) is 14.7. The Morgan fingerprint density at radius 3 is 2.67 bits per heavy atom. The summed E-state index contributed by atoms with van der Waals surface area (Å²) in [6, 6.07) is 11.6. The molecule has 0 spiro atoms. The molecule has 1 aromatic heterocycles. The summed E-state index contributed by atoms with van der Waals surface area (Å²) in [4.78, 5) is 26.2. The van der Waals surface area contributed by atoms with E-state index in [1.54, 1.807) is 7.11 Å². The molecular formula is C24H29N6O2P. The van der Waals surface area contributed by atoms with Crippen molar-refractivity contribution in [1.82, 2.24) is 19.8 Å². The summed E-state index contributed by atoms with van der Waals surface area (Å²) >= 11 is 0. The number of amides is 1. The maximum absolute atomic E-state index is 12.8. The third-order valence-corrected chi connectivity index (χ3v) is 6.16. The van der Waals surface area contributed by atoms with Crippen LogP contribution in [0.25, 0.3) is 10.9 Å². The standard InChI is InChI=1S/C24H29N6O2P/c1-3-29-7-9-30(10-8-29)14-23(31)28-21-12-19-20(13-22(21)32-2)25-16-26-24(19)27-18-6-4-5-17(11-18)15-33/h4-6,11-13,15-16,33H,3,7-10,14H2,1-2H3,(H,28,31)(H,25,26,27). The van der Waals surface area contributed by atoms with E-state index in [1.807, 2.05) is 42.2 Å². The van der Waals surface area contributed by atoms with Gasteiger partial charge < -0.3 is 20.3 Å². The first-order valence-electron chi connectivity index (χ1n) is 11.0. The Kier molecular flexibility index (Phi) is 7.50. The highest BCUT2D eigenvalue weighted by Gasteiger charge is 2.19. The summed E-state index contributed by atoms with van der Waals surface area (Å²) in [5.74, 6) is 3.00. The molecule has 3 aromatic rings. The molecule has 1 saturated heterocycles. The van der Waals surface area contributed by atoms with Crippen LogP contribution in [0.3, 0.4) is 0 Å². The van der Waals surface area contributed by atoms with E-state index >= 15 is 0 Å². The second-order valence-corrected chi connectivity index (χ2v) is 8.23. The van der Waals surface area contributed by atoms with Crippen LogP contribution in [0.4, 0.5) is 17.2 Å². The number of carbonyl (C=O) groups excluding carboxylic acids is 1. The van der Waals surface area contributed by atoms with Crippen molar-refractivity contribution in [3.63, 3.8) is 0 Å². The number of likely N-dealkylation sites (N-methyl/N-ethyl adjacent to an activating group) is 1. The summed E-state index contributed by atoms with van der Waals surface area (Å²) in [5, 5.41) is 7.17. The minimum atomic E-state index is -0.0655. The predicted octanol–water partition coefficient (Wildman–Crippen LogP) is 3.25. The first-order valence-corrected chi connectivity index (χ1v) is 11.6. The molecule has 0 bridgehead atoms. The number of nitrogens with one attached hydrogen (secondary N) is 2. The molecule has 1 amide bonds. The van der Waals surface area contributed by atoms with E-state index in [0.29, 0.717) is 23.8 Å².